The predicted molar refractivity (Wildman–Crippen MR) is 96.6 cm³/mol. The highest BCUT2D eigenvalue weighted by Crippen LogP contribution is 2.42. The number of rotatable bonds is 5. The molecule has 0 amide bonds. The third-order valence-electron chi connectivity index (χ3n) is 3.62. The standard InChI is InChI=1S/C17H20BrNO4S/c1-5-22-16(20)13-9(3)19-10(4)14(17(21)23-6-2)15(13)12-7-11(18)8-24-12/h7-8,15,19H,5-6H2,1-4H3. The second-order valence-electron chi connectivity index (χ2n) is 5.24. The quantitative estimate of drug-likeness (QED) is 0.742. The molecule has 24 heavy (non-hydrogen) atoms. The zero-order valence-electron chi connectivity index (χ0n) is 14.1. The van der Waals surface area contributed by atoms with E-state index in [2.05, 4.69) is 21.2 Å². The van der Waals surface area contributed by atoms with Crippen molar-refractivity contribution in [2.75, 3.05) is 13.2 Å². The van der Waals surface area contributed by atoms with E-state index < -0.39 is 17.9 Å². The molecule has 0 bridgehead atoms. The average molecular weight is 414 g/mol. The van der Waals surface area contributed by atoms with Crippen LogP contribution in [0.25, 0.3) is 0 Å². The van der Waals surface area contributed by atoms with Gasteiger partial charge < -0.3 is 14.8 Å². The second-order valence-corrected chi connectivity index (χ2v) is 7.10. The summed E-state index contributed by atoms with van der Waals surface area (Å²) >= 11 is 4.91. The number of hydrogen-bond acceptors (Lipinski definition) is 6. The number of hydrogen-bond donors (Lipinski definition) is 1. The van der Waals surface area contributed by atoms with Gasteiger partial charge in [-0.15, -0.1) is 11.3 Å². The van der Waals surface area contributed by atoms with Crippen molar-refractivity contribution >= 4 is 39.2 Å². The van der Waals surface area contributed by atoms with Gasteiger partial charge in [0.25, 0.3) is 0 Å². The van der Waals surface area contributed by atoms with Gasteiger partial charge in [-0.25, -0.2) is 9.59 Å². The molecule has 0 saturated carbocycles. The molecular weight excluding hydrogens is 394 g/mol. The molecule has 7 heteroatoms. The summed E-state index contributed by atoms with van der Waals surface area (Å²) in [6.45, 7) is 7.69. The van der Waals surface area contributed by atoms with E-state index in [1.54, 1.807) is 13.8 Å². The maximum atomic E-state index is 12.5. The van der Waals surface area contributed by atoms with E-state index in [4.69, 9.17) is 9.47 Å². The minimum atomic E-state index is -0.499. The Labute approximate surface area is 153 Å². The Bertz CT molecular complexity index is 680. The number of allylic oxidation sites excluding steroid dienone is 2. The Morgan fingerprint density at radius 2 is 1.62 bits per heavy atom. The summed E-state index contributed by atoms with van der Waals surface area (Å²) in [4.78, 5) is 25.9. The molecule has 130 valence electrons. The average Bonchev–Trinajstić information content (AvgIpc) is 2.93. The molecule has 1 aliphatic heterocycles. The van der Waals surface area contributed by atoms with Crippen molar-refractivity contribution in [2.45, 2.75) is 33.6 Å². The van der Waals surface area contributed by atoms with Gasteiger partial charge in [0.2, 0.25) is 0 Å². The first-order valence-electron chi connectivity index (χ1n) is 7.67. The molecule has 0 aromatic carbocycles. The van der Waals surface area contributed by atoms with E-state index in [1.807, 2.05) is 25.3 Å². The van der Waals surface area contributed by atoms with Crippen molar-refractivity contribution in [2.24, 2.45) is 0 Å². The Kier molecular flexibility index (Phi) is 6.23. The van der Waals surface area contributed by atoms with E-state index in [9.17, 15) is 9.59 Å². The van der Waals surface area contributed by atoms with Gasteiger partial charge in [0.1, 0.15) is 0 Å². The van der Waals surface area contributed by atoms with Crippen molar-refractivity contribution in [1.82, 2.24) is 5.32 Å². The number of ether oxygens (including phenoxy) is 2. The number of nitrogens with one attached hydrogen (secondary N) is 1. The van der Waals surface area contributed by atoms with Crippen LogP contribution in [0.15, 0.2) is 38.5 Å². The first kappa shape index (κ1) is 18.7. The van der Waals surface area contributed by atoms with Crippen LogP contribution >= 0.6 is 27.3 Å². The number of dihydropyridines is 1. The van der Waals surface area contributed by atoms with E-state index in [1.165, 1.54) is 11.3 Å². The Hall–Kier alpha value is -1.60. The van der Waals surface area contributed by atoms with Crippen LogP contribution in [0.3, 0.4) is 0 Å². The summed E-state index contributed by atoms with van der Waals surface area (Å²) in [5, 5.41) is 5.04. The van der Waals surface area contributed by atoms with Gasteiger partial charge in [-0.3, -0.25) is 0 Å². The lowest BCUT2D eigenvalue weighted by Gasteiger charge is -2.29. The fraction of sp³-hybridized carbons (Fsp3) is 0.412. The summed E-state index contributed by atoms with van der Waals surface area (Å²) in [7, 11) is 0. The molecule has 5 nitrogen and oxygen atoms in total. The first-order valence-corrected chi connectivity index (χ1v) is 9.34. The molecule has 0 unspecified atom stereocenters. The molecule has 0 radical (unpaired) electrons. The minimum Gasteiger partial charge on any atom is -0.463 e. The zero-order chi connectivity index (χ0) is 17.9. The van der Waals surface area contributed by atoms with E-state index in [-0.39, 0.29) is 13.2 Å². The van der Waals surface area contributed by atoms with Crippen LogP contribution in [0.1, 0.15) is 38.5 Å². The van der Waals surface area contributed by atoms with Gasteiger partial charge >= 0.3 is 11.9 Å². The Balaban J connectivity index is 2.59. The molecule has 0 fully saturated rings. The first-order chi connectivity index (χ1) is 11.4. The third kappa shape index (κ3) is 3.72. The van der Waals surface area contributed by atoms with E-state index in [0.29, 0.717) is 22.5 Å². The van der Waals surface area contributed by atoms with Gasteiger partial charge in [0.15, 0.2) is 0 Å². The highest BCUT2D eigenvalue weighted by atomic mass is 79.9. The lowest BCUT2D eigenvalue weighted by Crippen LogP contribution is -2.32. The van der Waals surface area contributed by atoms with Crippen LogP contribution in [0.5, 0.6) is 0 Å². The molecule has 0 spiro atoms. The maximum absolute atomic E-state index is 12.5. The fourth-order valence-electron chi connectivity index (χ4n) is 2.72. The molecule has 1 N–H and O–H groups in total. The van der Waals surface area contributed by atoms with Crippen LogP contribution < -0.4 is 5.32 Å². The van der Waals surface area contributed by atoms with Gasteiger partial charge in [-0.2, -0.15) is 0 Å². The smallest absolute Gasteiger partial charge is 0.336 e. The van der Waals surface area contributed by atoms with Crippen molar-refractivity contribution < 1.29 is 19.1 Å². The predicted octanol–water partition coefficient (Wildman–Crippen LogP) is 3.87. The fourth-order valence-corrected chi connectivity index (χ4v) is 4.28. The number of halogens is 1. The summed E-state index contributed by atoms with van der Waals surface area (Å²) in [5.74, 6) is -1.35. The van der Waals surface area contributed by atoms with Crippen molar-refractivity contribution in [1.29, 1.82) is 0 Å². The maximum Gasteiger partial charge on any atom is 0.336 e. The second kappa shape index (κ2) is 7.98. The zero-order valence-corrected chi connectivity index (χ0v) is 16.5. The molecule has 0 atom stereocenters. The van der Waals surface area contributed by atoms with Crippen LogP contribution in [0.2, 0.25) is 0 Å². The summed E-state index contributed by atoms with van der Waals surface area (Å²) in [5.41, 5.74) is 2.27. The molecule has 1 aliphatic rings. The largest absolute Gasteiger partial charge is 0.463 e. The molecule has 2 heterocycles. The molecule has 1 aromatic rings. The number of carbonyl (C=O) groups is 2. The van der Waals surface area contributed by atoms with Gasteiger partial charge in [-0.05, 0) is 49.7 Å². The topological polar surface area (TPSA) is 64.6 Å². The number of esters is 2. The van der Waals surface area contributed by atoms with Crippen LogP contribution in [-0.2, 0) is 19.1 Å². The summed E-state index contributed by atoms with van der Waals surface area (Å²) in [6.07, 6.45) is 0. The highest BCUT2D eigenvalue weighted by Gasteiger charge is 2.38. The molecule has 0 aliphatic carbocycles. The monoisotopic (exact) mass is 413 g/mol. The number of thiophene rings is 1. The van der Waals surface area contributed by atoms with Crippen LogP contribution in [-0.4, -0.2) is 25.2 Å². The van der Waals surface area contributed by atoms with Gasteiger partial charge in [-0.1, -0.05) is 0 Å². The molecule has 2 rings (SSSR count). The van der Waals surface area contributed by atoms with Crippen molar-refractivity contribution in [3.8, 4) is 0 Å². The van der Waals surface area contributed by atoms with Gasteiger partial charge in [0, 0.05) is 26.1 Å². The normalized spacial score (nSPS) is 15.4. The summed E-state index contributed by atoms with van der Waals surface area (Å²) in [6, 6.07) is 1.92. The number of carbonyl (C=O) groups excluding carboxylic acids is 2. The van der Waals surface area contributed by atoms with Crippen LogP contribution in [0, 0.1) is 0 Å². The van der Waals surface area contributed by atoms with Crippen LogP contribution in [0.4, 0.5) is 0 Å². The highest BCUT2D eigenvalue weighted by molar-refractivity contribution is 9.10. The Morgan fingerprint density at radius 1 is 1.12 bits per heavy atom. The SMILES string of the molecule is CCOC(=O)C1=C(C)NC(C)=C(C(=O)OCC)C1c1cc(Br)cs1. The van der Waals surface area contributed by atoms with Gasteiger partial charge in [0.05, 0.1) is 30.3 Å². The third-order valence-corrected chi connectivity index (χ3v) is 5.38. The lowest BCUT2D eigenvalue weighted by atomic mass is 9.84. The van der Waals surface area contributed by atoms with E-state index in [0.717, 1.165) is 9.35 Å². The molecular formula is C17H20BrNO4S. The summed E-state index contributed by atoms with van der Waals surface area (Å²) < 4.78 is 11.3. The molecule has 0 saturated heterocycles. The molecule has 1 aromatic heterocycles. The minimum absolute atomic E-state index is 0.272. The lowest BCUT2D eigenvalue weighted by molar-refractivity contribution is -0.139. The van der Waals surface area contributed by atoms with Crippen molar-refractivity contribution in [3.63, 3.8) is 0 Å². The van der Waals surface area contributed by atoms with Crippen molar-refractivity contribution in [3.05, 3.63) is 43.3 Å². The Morgan fingerprint density at radius 3 is 2.00 bits per heavy atom. The van der Waals surface area contributed by atoms with E-state index >= 15 is 0 Å².